The normalized spacial score (nSPS) is 22.9. The zero-order valence-corrected chi connectivity index (χ0v) is 17.9. The van der Waals surface area contributed by atoms with Crippen molar-refractivity contribution in [1.29, 1.82) is 0 Å². The molecule has 0 saturated carbocycles. The van der Waals surface area contributed by atoms with E-state index in [0.29, 0.717) is 19.5 Å². The van der Waals surface area contributed by atoms with Crippen LogP contribution in [-0.2, 0) is 22.5 Å². The zero-order valence-electron chi connectivity index (χ0n) is 17.1. The minimum absolute atomic E-state index is 0.0706. The largest absolute Gasteiger partial charge is 0.372 e. The van der Waals surface area contributed by atoms with Gasteiger partial charge in [-0.2, -0.15) is 0 Å². The molecule has 1 aromatic carbocycles. The van der Waals surface area contributed by atoms with Gasteiger partial charge in [0.1, 0.15) is 17.0 Å². The molecule has 1 saturated heterocycles. The van der Waals surface area contributed by atoms with E-state index in [1.165, 1.54) is 0 Å². The number of rotatable bonds is 3. The Labute approximate surface area is 176 Å². The van der Waals surface area contributed by atoms with Gasteiger partial charge in [0.25, 0.3) is 0 Å². The number of aryl methyl sites for hydroxylation is 1. The highest BCUT2D eigenvalue weighted by Crippen LogP contribution is 2.31. The molecule has 2 aliphatic heterocycles. The SMILES string of the molecule is Cc1nc2c(c(N3C[C@@H](C)O[C@@H](C)C3)n1)CN(C(=O)[C@H](Cl)c1ccccc1)CC2. The molecule has 3 heterocycles. The van der Waals surface area contributed by atoms with Gasteiger partial charge in [0.05, 0.1) is 24.4 Å². The van der Waals surface area contributed by atoms with Gasteiger partial charge in [0.2, 0.25) is 5.91 Å². The maximum Gasteiger partial charge on any atom is 0.245 e. The third-order valence-electron chi connectivity index (χ3n) is 5.49. The van der Waals surface area contributed by atoms with Crippen LogP contribution in [0.2, 0.25) is 0 Å². The molecule has 0 N–H and O–H groups in total. The van der Waals surface area contributed by atoms with E-state index in [1.54, 1.807) is 0 Å². The lowest BCUT2D eigenvalue weighted by Crippen LogP contribution is -2.47. The molecule has 1 amide bonds. The third kappa shape index (κ3) is 4.23. The third-order valence-corrected chi connectivity index (χ3v) is 5.93. The number of fused-ring (bicyclic) bond motifs is 1. The summed E-state index contributed by atoms with van der Waals surface area (Å²) in [5.41, 5.74) is 2.89. The van der Waals surface area contributed by atoms with Crippen molar-refractivity contribution < 1.29 is 9.53 Å². The summed E-state index contributed by atoms with van der Waals surface area (Å²) in [5, 5.41) is -0.684. The molecule has 2 aliphatic rings. The molecule has 0 bridgehead atoms. The van der Waals surface area contributed by atoms with Gasteiger partial charge in [-0.1, -0.05) is 30.3 Å². The summed E-state index contributed by atoms with van der Waals surface area (Å²) >= 11 is 6.52. The summed E-state index contributed by atoms with van der Waals surface area (Å²) in [6, 6.07) is 9.51. The number of ether oxygens (including phenoxy) is 1. The van der Waals surface area contributed by atoms with E-state index in [0.717, 1.165) is 41.6 Å². The monoisotopic (exact) mass is 414 g/mol. The smallest absolute Gasteiger partial charge is 0.245 e. The highest BCUT2D eigenvalue weighted by Gasteiger charge is 2.32. The van der Waals surface area contributed by atoms with Crippen molar-refractivity contribution in [2.24, 2.45) is 0 Å². The fraction of sp³-hybridized carbons (Fsp3) is 0.500. The molecule has 154 valence electrons. The number of halogens is 1. The first-order valence-electron chi connectivity index (χ1n) is 10.2. The van der Waals surface area contributed by atoms with Crippen LogP contribution in [-0.4, -0.2) is 52.6 Å². The molecule has 0 radical (unpaired) electrons. The number of morpholine rings is 1. The predicted octanol–water partition coefficient (Wildman–Crippen LogP) is 3.26. The second-order valence-electron chi connectivity index (χ2n) is 7.97. The Hall–Kier alpha value is -2.18. The van der Waals surface area contributed by atoms with E-state index in [4.69, 9.17) is 21.3 Å². The lowest BCUT2D eigenvalue weighted by Gasteiger charge is -2.39. The number of amides is 1. The Kier molecular flexibility index (Phi) is 5.74. The first-order chi connectivity index (χ1) is 13.9. The molecule has 7 heteroatoms. The number of carbonyl (C=O) groups is 1. The van der Waals surface area contributed by atoms with Crippen LogP contribution >= 0.6 is 11.6 Å². The summed E-state index contributed by atoms with van der Waals surface area (Å²) in [6.45, 7) is 8.76. The summed E-state index contributed by atoms with van der Waals surface area (Å²) in [5.74, 6) is 1.63. The van der Waals surface area contributed by atoms with Crippen LogP contribution in [0.15, 0.2) is 30.3 Å². The van der Waals surface area contributed by atoms with E-state index < -0.39 is 5.38 Å². The fourth-order valence-corrected chi connectivity index (χ4v) is 4.53. The standard InChI is InChI=1S/C22H27ClN4O2/c1-14-11-27(12-15(2)29-14)21-18-13-26(10-9-19(18)24-16(3)25-21)22(28)20(23)17-7-5-4-6-8-17/h4-8,14-15,20H,9-13H2,1-3H3/t14-,15+,20-/m1/s1. The topological polar surface area (TPSA) is 58.6 Å². The number of hydrogen-bond acceptors (Lipinski definition) is 5. The van der Waals surface area contributed by atoms with Crippen molar-refractivity contribution in [3.05, 3.63) is 53.0 Å². The maximum atomic E-state index is 13.1. The van der Waals surface area contributed by atoms with Gasteiger partial charge in [-0.15, -0.1) is 11.6 Å². The number of hydrogen-bond donors (Lipinski definition) is 0. The van der Waals surface area contributed by atoms with E-state index >= 15 is 0 Å². The molecule has 6 nitrogen and oxygen atoms in total. The Morgan fingerprint density at radius 1 is 1.17 bits per heavy atom. The number of anilines is 1. The number of nitrogens with zero attached hydrogens (tertiary/aromatic N) is 4. The van der Waals surface area contributed by atoms with Crippen molar-refractivity contribution in [3.8, 4) is 0 Å². The van der Waals surface area contributed by atoms with Gasteiger partial charge in [0, 0.05) is 31.6 Å². The summed E-state index contributed by atoms with van der Waals surface area (Å²) in [4.78, 5) is 26.6. The van der Waals surface area contributed by atoms with Crippen molar-refractivity contribution >= 4 is 23.3 Å². The Bertz CT molecular complexity index is 882. The van der Waals surface area contributed by atoms with Gasteiger partial charge in [-0.3, -0.25) is 4.79 Å². The van der Waals surface area contributed by atoms with E-state index in [2.05, 4.69) is 23.7 Å². The molecule has 0 unspecified atom stereocenters. The molecular formula is C22H27ClN4O2. The summed E-state index contributed by atoms with van der Waals surface area (Å²) < 4.78 is 5.88. The van der Waals surface area contributed by atoms with Crippen molar-refractivity contribution in [1.82, 2.24) is 14.9 Å². The first kappa shape index (κ1) is 20.1. The van der Waals surface area contributed by atoms with Crippen molar-refractivity contribution in [2.75, 3.05) is 24.5 Å². The van der Waals surface area contributed by atoms with Crippen molar-refractivity contribution in [2.45, 2.75) is 51.3 Å². The van der Waals surface area contributed by atoms with Crippen molar-refractivity contribution in [3.63, 3.8) is 0 Å². The van der Waals surface area contributed by atoms with E-state index in [9.17, 15) is 4.79 Å². The van der Waals surface area contributed by atoms with Crippen LogP contribution in [0.4, 0.5) is 5.82 Å². The molecular weight excluding hydrogens is 388 g/mol. The number of aromatic nitrogens is 2. The van der Waals surface area contributed by atoms with Gasteiger partial charge in [0.15, 0.2) is 0 Å². The molecule has 29 heavy (non-hydrogen) atoms. The second-order valence-corrected chi connectivity index (χ2v) is 8.40. The Morgan fingerprint density at radius 3 is 2.55 bits per heavy atom. The molecule has 2 aromatic rings. The predicted molar refractivity (Wildman–Crippen MR) is 113 cm³/mol. The maximum absolute atomic E-state index is 13.1. The van der Waals surface area contributed by atoms with Crippen LogP contribution in [0.1, 0.15) is 41.9 Å². The summed E-state index contributed by atoms with van der Waals surface area (Å²) in [7, 11) is 0. The van der Waals surface area contributed by atoms with Gasteiger partial charge >= 0.3 is 0 Å². The van der Waals surface area contributed by atoms with Crippen LogP contribution in [0.25, 0.3) is 0 Å². The fourth-order valence-electron chi connectivity index (χ4n) is 4.24. The molecule has 0 aliphatic carbocycles. The minimum Gasteiger partial charge on any atom is -0.372 e. The molecule has 1 fully saturated rings. The van der Waals surface area contributed by atoms with Gasteiger partial charge in [-0.25, -0.2) is 9.97 Å². The quantitative estimate of drug-likeness (QED) is 0.721. The number of carbonyl (C=O) groups excluding carboxylic acids is 1. The average molecular weight is 415 g/mol. The minimum atomic E-state index is -0.684. The molecule has 4 rings (SSSR count). The molecule has 3 atom stereocenters. The van der Waals surface area contributed by atoms with Gasteiger partial charge < -0.3 is 14.5 Å². The highest BCUT2D eigenvalue weighted by molar-refractivity contribution is 6.30. The first-order valence-corrected chi connectivity index (χ1v) is 10.6. The van der Waals surface area contributed by atoms with E-state index in [1.807, 2.05) is 42.2 Å². The number of alkyl halides is 1. The Morgan fingerprint density at radius 2 is 1.86 bits per heavy atom. The average Bonchev–Trinajstić information content (AvgIpc) is 2.71. The van der Waals surface area contributed by atoms with Crippen LogP contribution in [0.3, 0.4) is 0 Å². The van der Waals surface area contributed by atoms with Crippen LogP contribution in [0.5, 0.6) is 0 Å². The highest BCUT2D eigenvalue weighted by atomic mass is 35.5. The van der Waals surface area contributed by atoms with Gasteiger partial charge in [-0.05, 0) is 26.3 Å². The van der Waals surface area contributed by atoms with Crippen LogP contribution in [0, 0.1) is 6.92 Å². The van der Waals surface area contributed by atoms with E-state index in [-0.39, 0.29) is 18.1 Å². The lowest BCUT2D eigenvalue weighted by molar-refractivity contribution is -0.131. The molecule has 0 spiro atoms. The Balaban J connectivity index is 1.60. The lowest BCUT2D eigenvalue weighted by atomic mass is 10.0. The second kappa shape index (κ2) is 8.28. The molecule has 1 aromatic heterocycles. The number of benzene rings is 1. The zero-order chi connectivity index (χ0) is 20.5. The van der Waals surface area contributed by atoms with Crippen LogP contribution < -0.4 is 4.90 Å². The summed E-state index contributed by atoms with van der Waals surface area (Å²) in [6.07, 6.45) is 0.984.